The van der Waals surface area contributed by atoms with Gasteiger partial charge >= 0.3 is 0 Å². The quantitative estimate of drug-likeness (QED) is 0.713. The minimum absolute atomic E-state index is 0.534. The molecule has 0 aliphatic rings. The molecule has 1 aromatic carbocycles. The van der Waals surface area contributed by atoms with Gasteiger partial charge < -0.3 is 5.32 Å². The molecule has 1 atom stereocenters. The third-order valence-electron chi connectivity index (χ3n) is 3.34. The highest BCUT2D eigenvalue weighted by Crippen LogP contribution is 2.18. The molecule has 3 heteroatoms. The van der Waals surface area contributed by atoms with E-state index in [2.05, 4.69) is 47.6 Å². The predicted molar refractivity (Wildman–Crippen MR) is 77.9 cm³/mol. The van der Waals surface area contributed by atoms with Gasteiger partial charge in [0.25, 0.3) is 0 Å². The van der Waals surface area contributed by atoms with Crippen LogP contribution in [0.3, 0.4) is 0 Å². The summed E-state index contributed by atoms with van der Waals surface area (Å²) in [6.07, 6.45) is 8.43. The molecule has 2 N–H and O–H groups in total. The number of aromatic amines is 1. The van der Waals surface area contributed by atoms with Crippen molar-refractivity contribution in [3.05, 3.63) is 24.4 Å². The fourth-order valence-corrected chi connectivity index (χ4v) is 2.27. The van der Waals surface area contributed by atoms with Crippen molar-refractivity contribution in [3.63, 3.8) is 0 Å². The molecule has 0 aliphatic heterocycles. The van der Waals surface area contributed by atoms with E-state index in [4.69, 9.17) is 0 Å². The molecule has 1 aromatic heterocycles. The van der Waals surface area contributed by atoms with Crippen molar-refractivity contribution in [2.75, 3.05) is 5.32 Å². The van der Waals surface area contributed by atoms with Gasteiger partial charge in [0.15, 0.2) is 0 Å². The van der Waals surface area contributed by atoms with E-state index in [1.165, 1.54) is 37.8 Å². The first-order chi connectivity index (χ1) is 8.79. The van der Waals surface area contributed by atoms with E-state index < -0.39 is 0 Å². The summed E-state index contributed by atoms with van der Waals surface area (Å²) in [5.41, 5.74) is 2.28. The zero-order valence-corrected chi connectivity index (χ0v) is 11.4. The number of aromatic nitrogens is 2. The number of rotatable bonds is 7. The van der Waals surface area contributed by atoms with Crippen LogP contribution in [0.5, 0.6) is 0 Å². The highest BCUT2D eigenvalue weighted by Gasteiger charge is 2.03. The van der Waals surface area contributed by atoms with E-state index in [1.54, 1.807) is 0 Å². The first-order valence-electron chi connectivity index (χ1n) is 6.99. The Bertz CT molecular complexity index is 475. The maximum Gasteiger partial charge on any atom is 0.0651 e. The van der Waals surface area contributed by atoms with Gasteiger partial charge in [-0.05, 0) is 31.5 Å². The lowest BCUT2D eigenvalue weighted by Gasteiger charge is -2.15. The molecule has 0 bridgehead atoms. The molecule has 18 heavy (non-hydrogen) atoms. The van der Waals surface area contributed by atoms with Crippen LogP contribution in [0.2, 0.25) is 0 Å². The van der Waals surface area contributed by atoms with Crippen LogP contribution in [0.4, 0.5) is 5.69 Å². The predicted octanol–water partition coefficient (Wildman–Crippen LogP) is 4.33. The van der Waals surface area contributed by atoms with Crippen LogP contribution in [-0.2, 0) is 0 Å². The highest BCUT2D eigenvalue weighted by molar-refractivity contribution is 5.81. The summed E-state index contributed by atoms with van der Waals surface area (Å²) in [6, 6.07) is 6.88. The topological polar surface area (TPSA) is 40.7 Å². The molecule has 0 fully saturated rings. The molecule has 2 aromatic rings. The SMILES string of the molecule is CCCCCCC(C)Nc1ccc2[nH]ncc2c1. The summed E-state index contributed by atoms with van der Waals surface area (Å²) in [5, 5.41) is 11.7. The lowest BCUT2D eigenvalue weighted by Crippen LogP contribution is -2.14. The van der Waals surface area contributed by atoms with Crippen LogP contribution in [0.15, 0.2) is 24.4 Å². The van der Waals surface area contributed by atoms with Gasteiger partial charge in [0.05, 0.1) is 11.7 Å². The summed E-state index contributed by atoms with van der Waals surface area (Å²) in [4.78, 5) is 0. The van der Waals surface area contributed by atoms with Gasteiger partial charge in [0.2, 0.25) is 0 Å². The molecule has 1 heterocycles. The standard InChI is InChI=1S/C15H23N3/c1-3-4-5-6-7-12(2)17-14-8-9-15-13(10-14)11-16-18-15/h8-12,17H,3-7H2,1-2H3,(H,16,18). The van der Waals surface area contributed by atoms with Gasteiger partial charge in [-0.3, -0.25) is 5.10 Å². The Labute approximate surface area is 109 Å². The number of nitrogens with one attached hydrogen (secondary N) is 2. The molecule has 2 rings (SSSR count). The van der Waals surface area contributed by atoms with Gasteiger partial charge in [-0.1, -0.05) is 32.6 Å². The number of anilines is 1. The van der Waals surface area contributed by atoms with Crippen LogP contribution < -0.4 is 5.32 Å². The maximum absolute atomic E-state index is 4.04. The first kappa shape index (κ1) is 12.9. The van der Waals surface area contributed by atoms with Gasteiger partial charge in [0.1, 0.15) is 0 Å². The fourth-order valence-electron chi connectivity index (χ4n) is 2.27. The summed E-state index contributed by atoms with van der Waals surface area (Å²) >= 11 is 0. The minimum Gasteiger partial charge on any atom is -0.383 e. The summed E-state index contributed by atoms with van der Waals surface area (Å²) < 4.78 is 0. The van der Waals surface area contributed by atoms with Crippen LogP contribution in [0, 0.1) is 0 Å². The zero-order chi connectivity index (χ0) is 12.8. The van der Waals surface area contributed by atoms with E-state index in [9.17, 15) is 0 Å². The Morgan fingerprint density at radius 1 is 1.28 bits per heavy atom. The molecule has 0 aliphatic carbocycles. The fraction of sp³-hybridized carbons (Fsp3) is 0.533. The molecule has 0 spiro atoms. The largest absolute Gasteiger partial charge is 0.383 e. The summed E-state index contributed by atoms with van der Waals surface area (Å²) in [5.74, 6) is 0. The van der Waals surface area contributed by atoms with E-state index in [1.807, 2.05) is 6.20 Å². The number of nitrogens with zero attached hydrogens (tertiary/aromatic N) is 1. The second-order valence-electron chi connectivity index (χ2n) is 5.07. The molecule has 0 amide bonds. The Morgan fingerprint density at radius 3 is 3.00 bits per heavy atom. The zero-order valence-electron chi connectivity index (χ0n) is 11.4. The number of benzene rings is 1. The number of unbranched alkanes of at least 4 members (excludes halogenated alkanes) is 3. The van der Waals surface area contributed by atoms with Crippen molar-refractivity contribution < 1.29 is 0 Å². The third kappa shape index (κ3) is 3.49. The van der Waals surface area contributed by atoms with Gasteiger partial charge in [-0.15, -0.1) is 0 Å². The average molecular weight is 245 g/mol. The Balaban J connectivity index is 1.84. The van der Waals surface area contributed by atoms with Crippen LogP contribution in [0.25, 0.3) is 10.9 Å². The lowest BCUT2D eigenvalue weighted by molar-refractivity contribution is 0.594. The van der Waals surface area contributed by atoms with E-state index in [-0.39, 0.29) is 0 Å². The Kier molecular flexibility index (Phi) is 4.62. The van der Waals surface area contributed by atoms with Gasteiger partial charge in [-0.2, -0.15) is 5.10 Å². The molecular formula is C15H23N3. The third-order valence-corrected chi connectivity index (χ3v) is 3.34. The molecule has 0 radical (unpaired) electrons. The second kappa shape index (κ2) is 6.43. The lowest BCUT2D eigenvalue weighted by atomic mass is 10.1. The molecular weight excluding hydrogens is 222 g/mol. The first-order valence-corrected chi connectivity index (χ1v) is 6.99. The van der Waals surface area contributed by atoms with E-state index in [0.717, 1.165) is 10.9 Å². The van der Waals surface area contributed by atoms with Gasteiger partial charge in [-0.25, -0.2) is 0 Å². The van der Waals surface area contributed by atoms with Crippen molar-refractivity contribution in [1.82, 2.24) is 10.2 Å². The van der Waals surface area contributed by atoms with Crippen molar-refractivity contribution in [2.45, 2.75) is 52.0 Å². The number of hydrogen-bond donors (Lipinski definition) is 2. The van der Waals surface area contributed by atoms with Crippen molar-refractivity contribution >= 4 is 16.6 Å². The monoisotopic (exact) mass is 245 g/mol. The highest BCUT2D eigenvalue weighted by atomic mass is 15.1. The Morgan fingerprint density at radius 2 is 2.17 bits per heavy atom. The average Bonchev–Trinajstić information content (AvgIpc) is 2.82. The van der Waals surface area contributed by atoms with Crippen LogP contribution >= 0.6 is 0 Å². The molecule has 3 nitrogen and oxygen atoms in total. The van der Waals surface area contributed by atoms with Crippen LogP contribution in [0.1, 0.15) is 46.0 Å². The summed E-state index contributed by atoms with van der Waals surface area (Å²) in [6.45, 7) is 4.51. The molecule has 1 unspecified atom stereocenters. The van der Waals surface area contributed by atoms with Crippen molar-refractivity contribution in [1.29, 1.82) is 0 Å². The van der Waals surface area contributed by atoms with Crippen LogP contribution in [-0.4, -0.2) is 16.2 Å². The summed E-state index contributed by atoms with van der Waals surface area (Å²) in [7, 11) is 0. The number of hydrogen-bond acceptors (Lipinski definition) is 2. The maximum atomic E-state index is 4.04. The Hall–Kier alpha value is -1.51. The normalized spacial score (nSPS) is 12.8. The second-order valence-corrected chi connectivity index (χ2v) is 5.07. The number of H-pyrrole nitrogens is 1. The molecule has 98 valence electrons. The van der Waals surface area contributed by atoms with Gasteiger partial charge in [0, 0.05) is 17.1 Å². The van der Waals surface area contributed by atoms with Crippen molar-refractivity contribution in [3.8, 4) is 0 Å². The molecule has 0 saturated heterocycles. The van der Waals surface area contributed by atoms with Crippen molar-refractivity contribution in [2.24, 2.45) is 0 Å². The minimum atomic E-state index is 0.534. The number of fused-ring (bicyclic) bond motifs is 1. The van der Waals surface area contributed by atoms with E-state index in [0.29, 0.717) is 6.04 Å². The smallest absolute Gasteiger partial charge is 0.0651 e. The molecule has 0 saturated carbocycles. The van der Waals surface area contributed by atoms with E-state index >= 15 is 0 Å².